The number of hydrogen-bond acceptors (Lipinski definition) is 11. The van der Waals surface area contributed by atoms with Crippen LogP contribution in [0.2, 0.25) is 0 Å². The number of esters is 1. The van der Waals surface area contributed by atoms with E-state index in [1.54, 1.807) is 6.07 Å². The molecule has 4 rings (SSSR count). The lowest BCUT2D eigenvalue weighted by atomic mass is 9.97. The van der Waals surface area contributed by atoms with Gasteiger partial charge in [-0.2, -0.15) is 5.26 Å². The highest BCUT2D eigenvalue weighted by Crippen LogP contribution is 2.33. The van der Waals surface area contributed by atoms with Crippen molar-refractivity contribution >= 4 is 33.8 Å². The minimum Gasteiger partial charge on any atom is -0.507 e. The van der Waals surface area contributed by atoms with Crippen LogP contribution < -0.4 is 20.1 Å². The number of phenolic OH excluding ortho intramolecular Hbond substituents is 1. The Bertz CT molecular complexity index is 1620. The number of urea groups is 1. The minimum absolute atomic E-state index is 0.00237. The molecule has 0 aliphatic carbocycles. The lowest BCUT2D eigenvalue weighted by molar-refractivity contribution is -0.123. The van der Waals surface area contributed by atoms with Gasteiger partial charge in [0, 0.05) is 26.1 Å². The van der Waals surface area contributed by atoms with Crippen molar-refractivity contribution in [3.05, 3.63) is 58.7 Å². The number of aromatic hydroxyl groups is 1. The molecule has 2 aliphatic rings. The third-order valence-corrected chi connectivity index (χ3v) is 9.14. The quantitative estimate of drug-likeness (QED) is 0.186. The van der Waals surface area contributed by atoms with E-state index >= 15 is 0 Å². The van der Waals surface area contributed by atoms with Gasteiger partial charge in [-0.05, 0) is 42.2 Å². The number of methoxy groups -OCH3 is 1. The van der Waals surface area contributed by atoms with Crippen molar-refractivity contribution in [3.63, 3.8) is 0 Å². The Hall–Kier alpha value is -4.88. The lowest BCUT2D eigenvalue weighted by Gasteiger charge is -2.29. The molecular formula is C30H35N5O10S. The van der Waals surface area contributed by atoms with Gasteiger partial charge in [-0.3, -0.25) is 14.3 Å². The zero-order valence-corrected chi connectivity index (χ0v) is 25.9. The summed E-state index contributed by atoms with van der Waals surface area (Å²) in [5.74, 6) is -1.97. The molecule has 15 nitrogen and oxygen atoms in total. The van der Waals surface area contributed by atoms with E-state index < -0.39 is 45.1 Å². The van der Waals surface area contributed by atoms with E-state index in [0.717, 1.165) is 0 Å². The van der Waals surface area contributed by atoms with Crippen LogP contribution in [0.3, 0.4) is 0 Å². The Labute approximate surface area is 265 Å². The second-order valence-electron chi connectivity index (χ2n) is 10.6. The van der Waals surface area contributed by atoms with E-state index in [0.29, 0.717) is 44.7 Å². The molecule has 2 aliphatic heterocycles. The third-order valence-electron chi connectivity index (χ3n) is 7.46. The summed E-state index contributed by atoms with van der Waals surface area (Å²) in [5, 5.41) is 24.1. The second-order valence-corrected chi connectivity index (χ2v) is 12.5. The number of ether oxygens (including phenoxy) is 3. The van der Waals surface area contributed by atoms with Crippen molar-refractivity contribution in [2.75, 3.05) is 46.6 Å². The van der Waals surface area contributed by atoms with Gasteiger partial charge in [-0.25, -0.2) is 18.0 Å². The van der Waals surface area contributed by atoms with Crippen molar-refractivity contribution in [3.8, 4) is 17.6 Å². The standard InChI is InChI=1S/C30H35N5O10S/c1-43-29(39)27-23(36)5-4-6-24(27)45-12-3-2-9-32-28(38)22(33-30(40)35-10-13-44-14-11-35)16-19-7-8-21(20(15-19)18-31)25-17-26(37)34-46(25,41)42/h4-8,15,22,25,36H,2-3,9-14,16-17H2,1H3,(H,32,38)(H,33,40)(H,34,37)/t22-,25?/m0/s1. The molecule has 2 aromatic carbocycles. The largest absolute Gasteiger partial charge is 0.507 e. The molecule has 2 aromatic rings. The van der Waals surface area contributed by atoms with Gasteiger partial charge in [-0.15, -0.1) is 0 Å². The second kappa shape index (κ2) is 15.4. The molecule has 16 heteroatoms. The SMILES string of the molecule is COC(=O)c1c(O)cccc1OCCCCNC(=O)[C@H](Cc1ccc(C2CC(=O)NS2(=O)=O)c(C#N)c1)NC(=O)N1CCOCC1. The number of benzene rings is 2. The summed E-state index contributed by atoms with van der Waals surface area (Å²) in [6, 6.07) is 9.37. The maximum absolute atomic E-state index is 13.3. The molecule has 0 saturated carbocycles. The topological polar surface area (TPSA) is 213 Å². The molecule has 46 heavy (non-hydrogen) atoms. The van der Waals surface area contributed by atoms with Crippen LogP contribution in [-0.4, -0.2) is 94.8 Å². The number of rotatable bonds is 12. The predicted molar refractivity (Wildman–Crippen MR) is 161 cm³/mol. The lowest BCUT2D eigenvalue weighted by Crippen LogP contribution is -2.54. The number of nitrogens with zero attached hydrogens (tertiary/aromatic N) is 2. The molecule has 0 radical (unpaired) electrons. The number of unbranched alkanes of at least 4 members (excludes halogenated alkanes) is 1. The van der Waals surface area contributed by atoms with E-state index in [1.807, 2.05) is 10.8 Å². The Balaban J connectivity index is 1.39. The molecule has 246 valence electrons. The first-order valence-corrected chi connectivity index (χ1v) is 16.1. The van der Waals surface area contributed by atoms with Crippen molar-refractivity contribution < 1.29 is 46.9 Å². The van der Waals surface area contributed by atoms with E-state index in [1.165, 1.54) is 42.3 Å². The van der Waals surface area contributed by atoms with Gasteiger partial charge >= 0.3 is 12.0 Å². The Kier molecular flexibility index (Phi) is 11.4. The Morgan fingerprint density at radius 3 is 2.63 bits per heavy atom. The van der Waals surface area contributed by atoms with Gasteiger partial charge in [0.1, 0.15) is 28.4 Å². The molecule has 2 fully saturated rings. The fourth-order valence-electron chi connectivity index (χ4n) is 5.08. The zero-order chi connectivity index (χ0) is 33.3. The molecule has 2 atom stereocenters. The molecule has 0 bridgehead atoms. The maximum atomic E-state index is 13.3. The van der Waals surface area contributed by atoms with Crippen LogP contribution in [0.4, 0.5) is 4.79 Å². The van der Waals surface area contributed by atoms with Crippen LogP contribution in [0.5, 0.6) is 11.5 Å². The molecule has 2 heterocycles. The number of morpholine rings is 1. The van der Waals surface area contributed by atoms with Gasteiger partial charge in [0.25, 0.3) is 0 Å². The number of carbonyl (C=O) groups is 4. The number of hydrogen-bond donors (Lipinski definition) is 4. The fourth-order valence-corrected chi connectivity index (χ4v) is 6.53. The van der Waals surface area contributed by atoms with Crippen LogP contribution in [0.15, 0.2) is 36.4 Å². The van der Waals surface area contributed by atoms with Crippen molar-refractivity contribution in [2.24, 2.45) is 0 Å². The number of nitriles is 1. The first-order chi connectivity index (χ1) is 22.0. The fraction of sp³-hybridized carbons (Fsp3) is 0.433. The summed E-state index contributed by atoms with van der Waals surface area (Å²) in [6.07, 6.45) is 0.665. The highest BCUT2D eigenvalue weighted by Gasteiger charge is 2.39. The van der Waals surface area contributed by atoms with Gasteiger partial charge < -0.3 is 34.9 Å². The number of carbonyl (C=O) groups excluding carboxylic acids is 4. The average Bonchev–Trinajstić information content (AvgIpc) is 3.33. The predicted octanol–water partition coefficient (Wildman–Crippen LogP) is 0.870. The van der Waals surface area contributed by atoms with E-state index in [2.05, 4.69) is 10.6 Å². The Morgan fingerprint density at radius 2 is 1.96 bits per heavy atom. The molecule has 4 N–H and O–H groups in total. The first-order valence-electron chi connectivity index (χ1n) is 14.6. The summed E-state index contributed by atoms with van der Waals surface area (Å²) in [4.78, 5) is 51.5. The van der Waals surface area contributed by atoms with E-state index in [9.17, 15) is 38.0 Å². The van der Waals surface area contributed by atoms with Crippen molar-refractivity contribution in [1.29, 1.82) is 5.26 Å². The van der Waals surface area contributed by atoms with E-state index in [4.69, 9.17) is 14.2 Å². The minimum atomic E-state index is -3.97. The monoisotopic (exact) mass is 657 g/mol. The molecule has 4 amide bonds. The number of sulfonamides is 1. The summed E-state index contributed by atoms with van der Waals surface area (Å²) in [6.45, 7) is 1.86. The van der Waals surface area contributed by atoms with Crippen molar-refractivity contribution in [2.45, 2.75) is 37.0 Å². The molecule has 2 saturated heterocycles. The molecule has 1 unspecified atom stereocenters. The third kappa shape index (κ3) is 8.43. The zero-order valence-electron chi connectivity index (χ0n) is 25.1. The van der Waals surface area contributed by atoms with Crippen LogP contribution in [0.25, 0.3) is 0 Å². The number of amides is 4. The van der Waals surface area contributed by atoms with Gasteiger partial charge in [0.15, 0.2) is 0 Å². The molecule has 0 spiro atoms. The van der Waals surface area contributed by atoms with E-state index in [-0.39, 0.29) is 54.2 Å². The smallest absolute Gasteiger partial charge is 0.345 e. The summed E-state index contributed by atoms with van der Waals surface area (Å²) >= 11 is 0. The number of nitrogens with one attached hydrogen (secondary N) is 3. The van der Waals surface area contributed by atoms with Crippen LogP contribution in [0, 0.1) is 11.3 Å². The Morgan fingerprint density at radius 1 is 1.20 bits per heavy atom. The average molecular weight is 658 g/mol. The normalized spacial score (nSPS) is 17.7. The summed E-state index contributed by atoms with van der Waals surface area (Å²) < 4.78 is 42.3. The van der Waals surface area contributed by atoms with Crippen LogP contribution in [-0.2, 0) is 35.5 Å². The maximum Gasteiger partial charge on any atom is 0.345 e. The summed E-state index contributed by atoms with van der Waals surface area (Å²) in [5.41, 5.74) is 0.635. The van der Waals surface area contributed by atoms with Crippen molar-refractivity contribution in [1.82, 2.24) is 20.3 Å². The van der Waals surface area contributed by atoms with Crippen LogP contribution in [0.1, 0.15) is 51.6 Å². The van der Waals surface area contributed by atoms with Crippen LogP contribution >= 0.6 is 0 Å². The summed E-state index contributed by atoms with van der Waals surface area (Å²) in [7, 11) is -2.78. The highest BCUT2D eigenvalue weighted by atomic mass is 32.2. The molecular weight excluding hydrogens is 622 g/mol. The van der Waals surface area contributed by atoms with Gasteiger partial charge in [0.05, 0.1) is 45.0 Å². The first kappa shape index (κ1) is 34.0. The van der Waals surface area contributed by atoms with Gasteiger partial charge in [0.2, 0.25) is 21.8 Å². The molecule has 0 aromatic heterocycles. The highest BCUT2D eigenvalue weighted by molar-refractivity contribution is 7.90. The number of phenols is 1. The van der Waals surface area contributed by atoms with Gasteiger partial charge in [-0.1, -0.05) is 18.2 Å².